The minimum atomic E-state index is -0.205. The van der Waals surface area contributed by atoms with Gasteiger partial charge in [0.05, 0.1) is 13.0 Å². The molecule has 1 N–H and O–H groups in total. The van der Waals surface area contributed by atoms with Crippen LogP contribution in [0.5, 0.6) is 5.75 Å². The summed E-state index contributed by atoms with van der Waals surface area (Å²) in [5.74, 6) is -0.0359. The molecule has 0 aromatic heterocycles. The summed E-state index contributed by atoms with van der Waals surface area (Å²) in [5.41, 5.74) is 2.73. The molecule has 0 spiro atoms. The third-order valence-corrected chi connectivity index (χ3v) is 2.70. The summed E-state index contributed by atoms with van der Waals surface area (Å²) in [4.78, 5) is 11.3. The molecule has 1 atom stereocenters. The zero-order valence-electron chi connectivity index (χ0n) is 10.2. The summed E-state index contributed by atoms with van der Waals surface area (Å²) in [6.07, 6.45) is 0.634. The molecule has 3 heteroatoms. The Labute approximate surface area is 96.1 Å². The Morgan fingerprint density at radius 1 is 1.38 bits per heavy atom. The highest BCUT2D eigenvalue weighted by Crippen LogP contribution is 2.24. The van der Waals surface area contributed by atoms with E-state index in [1.165, 1.54) is 7.11 Å². The van der Waals surface area contributed by atoms with Crippen LogP contribution < -0.4 is 0 Å². The molecule has 0 aliphatic rings. The molecular weight excluding hydrogens is 204 g/mol. The third-order valence-electron chi connectivity index (χ3n) is 2.70. The largest absolute Gasteiger partial charge is 0.507 e. The van der Waals surface area contributed by atoms with Crippen molar-refractivity contribution in [3.8, 4) is 5.75 Å². The predicted molar refractivity (Wildman–Crippen MR) is 62.5 cm³/mol. The maximum absolute atomic E-state index is 11.3. The Balaban J connectivity index is 2.86. The van der Waals surface area contributed by atoms with Crippen molar-refractivity contribution in [1.29, 1.82) is 0 Å². The van der Waals surface area contributed by atoms with Crippen molar-refractivity contribution in [1.82, 2.24) is 0 Å². The fourth-order valence-corrected chi connectivity index (χ4v) is 1.80. The molecular formula is C13H18O3. The van der Waals surface area contributed by atoms with Crippen molar-refractivity contribution in [2.24, 2.45) is 5.92 Å². The summed E-state index contributed by atoms with van der Waals surface area (Å²) < 4.78 is 4.68. The minimum absolute atomic E-state index is 0.159. The monoisotopic (exact) mass is 222 g/mol. The smallest absolute Gasteiger partial charge is 0.308 e. The Hall–Kier alpha value is -1.51. The first kappa shape index (κ1) is 12.6. The van der Waals surface area contributed by atoms with Crippen molar-refractivity contribution in [3.05, 3.63) is 28.8 Å². The number of esters is 1. The summed E-state index contributed by atoms with van der Waals surface area (Å²) in [5, 5.41) is 9.63. The normalized spacial score (nSPS) is 12.2. The van der Waals surface area contributed by atoms with E-state index < -0.39 is 0 Å². The van der Waals surface area contributed by atoms with Gasteiger partial charge in [-0.15, -0.1) is 0 Å². The third kappa shape index (κ3) is 2.75. The molecule has 3 nitrogen and oxygen atoms in total. The highest BCUT2D eigenvalue weighted by Gasteiger charge is 2.14. The highest BCUT2D eigenvalue weighted by molar-refractivity contribution is 5.72. The van der Waals surface area contributed by atoms with Crippen LogP contribution in [0.1, 0.15) is 23.6 Å². The van der Waals surface area contributed by atoms with Gasteiger partial charge in [0.1, 0.15) is 5.75 Å². The molecule has 0 fully saturated rings. The van der Waals surface area contributed by atoms with E-state index in [4.69, 9.17) is 0 Å². The van der Waals surface area contributed by atoms with Crippen LogP contribution in [0.25, 0.3) is 0 Å². The number of rotatable bonds is 3. The van der Waals surface area contributed by atoms with Gasteiger partial charge in [0.15, 0.2) is 0 Å². The van der Waals surface area contributed by atoms with Crippen LogP contribution in [0.4, 0.5) is 0 Å². The first-order chi connectivity index (χ1) is 7.45. The lowest BCUT2D eigenvalue weighted by molar-refractivity contribution is -0.144. The number of hydrogen-bond donors (Lipinski definition) is 1. The summed E-state index contributed by atoms with van der Waals surface area (Å²) in [6.45, 7) is 5.55. The number of methoxy groups -OCH3 is 1. The number of carbonyl (C=O) groups excluding carboxylic acids is 1. The van der Waals surface area contributed by atoms with E-state index >= 15 is 0 Å². The summed E-state index contributed by atoms with van der Waals surface area (Å²) in [7, 11) is 1.39. The van der Waals surface area contributed by atoms with Crippen molar-refractivity contribution in [2.45, 2.75) is 27.2 Å². The molecule has 0 saturated carbocycles. The quantitative estimate of drug-likeness (QED) is 0.798. The van der Waals surface area contributed by atoms with Crippen LogP contribution >= 0.6 is 0 Å². The van der Waals surface area contributed by atoms with E-state index in [1.54, 1.807) is 0 Å². The van der Waals surface area contributed by atoms with Crippen molar-refractivity contribution < 1.29 is 14.6 Å². The van der Waals surface area contributed by atoms with E-state index in [-0.39, 0.29) is 11.9 Å². The van der Waals surface area contributed by atoms with E-state index in [0.29, 0.717) is 12.2 Å². The molecule has 0 heterocycles. The Bertz CT molecular complexity index is 373. The second-order valence-corrected chi connectivity index (χ2v) is 4.21. The molecule has 1 aromatic carbocycles. The summed E-state index contributed by atoms with van der Waals surface area (Å²) >= 11 is 0. The molecule has 0 bridgehead atoms. The Morgan fingerprint density at radius 3 is 2.31 bits per heavy atom. The van der Waals surface area contributed by atoms with Gasteiger partial charge in [-0.1, -0.05) is 19.1 Å². The maximum Gasteiger partial charge on any atom is 0.308 e. The fourth-order valence-electron chi connectivity index (χ4n) is 1.80. The number of ether oxygens (including phenoxy) is 1. The molecule has 16 heavy (non-hydrogen) atoms. The van der Waals surface area contributed by atoms with Gasteiger partial charge in [-0.05, 0) is 37.0 Å². The zero-order chi connectivity index (χ0) is 12.3. The first-order valence-electron chi connectivity index (χ1n) is 5.32. The lowest BCUT2D eigenvalue weighted by Gasteiger charge is -2.11. The van der Waals surface area contributed by atoms with Gasteiger partial charge in [-0.2, -0.15) is 0 Å². The molecule has 1 unspecified atom stereocenters. The number of hydrogen-bond acceptors (Lipinski definition) is 3. The Morgan fingerprint density at radius 2 is 1.88 bits per heavy atom. The molecule has 88 valence electrons. The number of phenolic OH excluding ortho intramolecular Hbond substituents is 1. The van der Waals surface area contributed by atoms with Crippen LogP contribution in [0, 0.1) is 19.8 Å². The SMILES string of the molecule is COC(=O)C(C)Cc1cc(C)c(O)c(C)c1. The molecule has 1 rings (SSSR count). The van der Waals surface area contributed by atoms with Gasteiger partial charge in [-0.3, -0.25) is 4.79 Å². The van der Waals surface area contributed by atoms with Gasteiger partial charge in [-0.25, -0.2) is 0 Å². The lowest BCUT2D eigenvalue weighted by Crippen LogP contribution is -2.15. The van der Waals surface area contributed by atoms with Crippen molar-refractivity contribution in [2.75, 3.05) is 7.11 Å². The van der Waals surface area contributed by atoms with Crippen LogP contribution in [-0.2, 0) is 16.0 Å². The molecule has 0 saturated heterocycles. The second-order valence-electron chi connectivity index (χ2n) is 4.21. The second kappa shape index (κ2) is 5.01. The molecule has 1 aromatic rings. The van der Waals surface area contributed by atoms with Crippen LogP contribution in [0.2, 0.25) is 0 Å². The minimum Gasteiger partial charge on any atom is -0.507 e. The molecule has 0 aliphatic carbocycles. The fraction of sp³-hybridized carbons (Fsp3) is 0.462. The number of aromatic hydroxyl groups is 1. The summed E-state index contributed by atoms with van der Waals surface area (Å²) in [6, 6.07) is 3.81. The van der Waals surface area contributed by atoms with Crippen LogP contribution in [0.3, 0.4) is 0 Å². The van der Waals surface area contributed by atoms with E-state index in [0.717, 1.165) is 16.7 Å². The van der Waals surface area contributed by atoms with Gasteiger partial charge >= 0.3 is 5.97 Å². The van der Waals surface area contributed by atoms with E-state index in [1.807, 2.05) is 32.9 Å². The van der Waals surface area contributed by atoms with E-state index in [2.05, 4.69) is 4.74 Å². The van der Waals surface area contributed by atoms with Gasteiger partial charge in [0.2, 0.25) is 0 Å². The molecule has 0 radical (unpaired) electrons. The maximum atomic E-state index is 11.3. The zero-order valence-corrected chi connectivity index (χ0v) is 10.2. The average molecular weight is 222 g/mol. The molecule has 0 aliphatic heterocycles. The topological polar surface area (TPSA) is 46.5 Å². The van der Waals surface area contributed by atoms with Gasteiger partial charge in [0.25, 0.3) is 0 Å². The first-order valence-corrected chi connectivity index (χ1v) is 5.32. The van der Waals surface area contributed by atoms with E-state index in [9.17, 15) is 9.90 Å². The highest BCUT2D eigenvalue weighted by atomic mass is 16.5. The lowest BCUT2D eigenvalue weighted by atomic mass is 9.97. The van der Waals surface area contributed by atoms with Crippen LogP contribution in [-0.4, -0.2) is 18.2 Å². The van der Waals surface area contributed by atoms with Crippen molar-refractivity contribution >= 4 is 5.97 Å². The predicted octanol–water partition coefficient (Wildman–Crippen LogP) is 2.36. The number of aryl methyl sites for hydroxylation is 2. The molecule has 0 amide bonds. The van der Waals surface area contributed by atoms with Gasteiger partial charge < -0.3 is 9.84 Å². The average Bonchev–Trinajstić information content (AvgIpc) is 2.24. The number of carbonyl (C=O) groups is 1. The van der Waals surface area contributed by atoms with Crippen molar-refractivity contribution in [3.63, 3.8) is 0 Å². The Kier molecular flexibility index (Phi) is 3.93. The standard InChI is InChI=1S/C13H18O3/c1-8-5-11(6-9(2)12(8)14)7-10(3)13(15)16-4/h5-6,10,14H,7H2,1-4H3. The van der Waals surface area contributed by atoms with Crippen LogP contribution in [0.15, 0.2) is 12.1 Å². The number of phenols is 1. The van der Waals surface area contributed by atoms with Gasteiger partial charge in [0, 0.05) is 0 Å². The number of benzene rings is 1.